The smallest absolute Gasteiger partial charge is 0.252 e. The first-order chi connectivity index (χ1) is 11.2. The van der Waals surface area contributed by atoms with E-state index in [-0.39, 0.29) is 22.2 Å². The number of benzene rings is 1. The summed E-state index contributed by atoms with van der Waals surface area (Å²) < 4.78 is 56.5. The minimum Gasteiger partial charge on any atom is -0.497 e. The lowest BCUT2D eigenvalue weighted by Crippen LogP contribution is -2.56. The third-order valence-corrected chi connectivity index (χ3v) is 9.36. The summed E-state index contributed by atoms with van der Waals surface area (Å²) in [6.45, 7) is 1.79. The van der Waals surface area contributed by atoms with Crippen LogP contribution in [0, 0.1) is 6.92 Å². The fourth-order valence-electron chi connectivity index (χ4n) is 2.43. The molecule has 1 aliphatic rings. The van der Waals surface area contributed by atoms with E-state index in [4.69, 9.17) is 4.74 Å². The summed E-state index contributed by atoms with van der Waals surface area (Å²) in [6.07, 6.45) is 0. The first-order valence-corrected chi connectivity index (χ1v) is 11.0. The van der Waals surface area contributed by atoms with E-state index in [2.05, 4.69) is 0 Å². The molecule has 0 saturated carbocycles. The highest BCUT2D eigenvalue weighted by atomic mass is 32.2. The second kappa shape index (κ2) is 6.14. The minimum atomic E-state index is -3.60. The second-order valence-electron chi connectivity index (χ2n) is 5.53. The van der Waals surface area contributed by atoms with Crippen molar-refractivity contribution in [2.45, 2.75) is 21.3 Å². The fraction of sp³-hybridized carbons (Fsp3) is 0.333. The van der Waals surface area contributed by atoms with Crippen molar-refractivity contribution in [1.82, 2.24) is 4.31 Å². The van der Waals surface area contributed by atoms with E-state index >= 15 is 0 Å². The first-order valence-electron chi connectivity index (χ1n) is 7.19. The van der Waals surface area contributed by atoms with E-state index in [1.807, 2.05) is 6.92 Å². The van der Waals surface area contributed by atoms with E-state index in [9.17, 15) is 16.8 Å². The maximum atomic E-state index is 12.6. The summed E-state index contributed by atoms with van der Waals surface area (Å²) in [5, 5.41) is -0.721. The summed E-state index contributed by atoms with van der Waals surface area (Å²) in [6, 6.07) is 9.41. The van der Waals surface area contributed by atoms with E-state index in [0.29, 0.717) is 5.75 Å². The first kappa shape index (κ1) is 17.4. The number of rotatable bonds is 5. The van der Waals surface area contributed by atoms with Gasteiger partial charge in [0, 0.05) is 18.0 Å². The highest BCUT2D eigenvalue weighted by Crippen LogP contribution is 2.31. The van der Waals surface area contributed by atoms with Crippen LogP contribution in [0.15, 0.2) is 45.5 Å². The summed E-state index contributed by atoms with van der Waals surface area (Å²) in [4.78, 5) is 1.08. The van der Waals surface area contributed by atoms with Gasteiger partial charge in [-0.3, -0.25) is 0 Å². The van der Waals surface area contributed by atoms with Gasteiger partial charge in [0.15, 0.2) is 9.84 Å². The Bertz CT molecular complexity index is 939. The predicted octanol–water partition coefficient (Wildman–Crippen LogP) is 1.91. The van der Waals surface area contributed by atoms with Crippen molar-refractivity contribution in [3.8, 4) is 5.75 Å². The summed E-state index contributed by atoms with van der Waals surface area (Å²) in [5.41, 5.74) is 0. The normalized spacial score (nSPS) is 16.8. The molecule has 2 aromatic rings. The predicted molar refractivity (Wildman–Crippen MR) is 91.8 cm³/mol. The Labute approximate surface area is 145 Å². The molecule has 24 heavy (non-hydrogen) atoms. The van der Waals surface area contributed by atoms with E-state index in [1.54, 1.807) is 24.3 Å². The van der Waals surface area contributed by atoms with Gasteiger partial charge in [0.05, 0.1) is 17.3 Å². The zero-order chi connectivity index (χ0) is 17.5. The van der Waals surface area contributed by atoms with Gasteiger partial charge in [-0.05, 0) is 43.3 Å². The largest absolute Gasteiger partial charge is 0.497 e. The monoisotopic (exact) mass is 387 g/mol. The van der Waals surface area contributed by atoms with Crippen LogP contribution < -0.4 is 4.74 Å². The molecule has 2 heterocycles. The standard InChI is InChI=1S/C15H17NO5S3/c1-11-3-8-15(22-11)24(19,20)16-9-14(10-16)23(17,18)13-6-4-12(21-2)5-7-13/h3-8,14H,9-10H2,1-2H3. The summed E-state index contributed by atoms with van der Waals surface area (Å²) >= 11 is 1.19. The number of ether oxygens (including phenoxy) is 1. The highest BCUT2D eigenvalue weighted by Gasteiger charge is 2.44. The van der Waals surface area contributed by atoms with Gasteiger partial charge in [0.2, 0.25) is 0 Å². The third-order valence-electron chi connectivity index (χ3n) is 3.95. The Morgan fingerprint density at radius 3 is 2.17 bits per heavy atom. The van der Waals surface area contributed by atoms with Gasteiger partial charge in [0.1, 0.15) is 9.96 Å². The maximum absolute atomic E-state index is 12.6. The zero-order valence-electron chi connectivity index (χ0n) is 13.2. The van der Waals surface area contributed by atoms with Crippen LogP contribution in [0.4, 0.5) is 0 Å². The van der Waals surface area contributed by atoms with Crippen LogP contribution in [0.1, 0.15) is 4.88 Å². The van der Waals surface area contributed by atoms with Gasteiger partial charge in [-0.1, -0.05) is 0 Å². The van der Waals surface area contributed by atoms with E-state index in [1.165, 1.54) is 34.9 Å². The Morgan fingerprint density at radius 1 is 1.04 bits per heavy atom. The Hall–Kier alpha value is -1.42. The lowest BCUT2D eigenvalue weighted by Gasteiger charge is -2.37. The van der Waals surface area contributed by atoms with Gasteiger partial charge in [0.25, 0.3) is 10.0 Å². The molecular weight excluding hydrogens is 370 g/mol. The van der Waals surface area contributed by atoms with Crippen molar-refractivity contribution >= 4 is 31.2 Å². The minimum absolute atomic E-state index is 0.0202. The van der Waals surface area contributed by atoms with Crippen LogP contribution in [-0.4, -0.2) is 46.6 Å². The molecule has 130 valence electrons. The zero-order valence-corrected chi connectivity index (χ0v) is 15.6. The molecule has 1 aromatic heterocycles. The molecule has 1 aliphatic heterocycles. The molecule has 0 spiro atoms. The van der Waals surface area contributed by atoms with Crippen LogP contribution in [0.3, 0.4) is 0 Å². The number of sulfonamides is 1. The van der Waals surface area contributed by atoms with Crippen LogP contribution >= 0.6 is 11.3 Å². The SMILES string of the molecule is COc1ccc(S(=O)(=O)C2CN(S(=O)(=O)c3ccc(C)s3)C2)cc1. The molecule has 0 N–H and O–H groups in total. The fourth-order valence-corrected chi connectivity index (χ4v) is 7.24. The molecule has 1 aromatic carbocycles. The Morgan fingerprint density at radius 2 is 1.67 bits per heavy atom. The number of hydrogen-bond donors (Lipinski definition) is 0. The van der Waals surface area contributed by atoms with E-state index < -0.39 is 25.1 Å². The average molecular weight is 388 g/mol. The van der Waals surface area contributed by atoms with Crippen LogP contribution in [0.2, 0.25) is 0 Å². The van der Waals surface area contributed by atoms with Crippen molar-refractivity contribution in [1.29, 1.82) is 0 Å². The number of methoxy groups -OCH3 is 1. The molecule has 1 fully saturated rings. The molecule has 9 heteroatoms. The topological polar surface area (TPSA) is 80.8 Å². The number of aryl methyl sites for hydroxylation is 1. The lowest BCUT2D eigenvalue weighted by atomic mass is 10.3. The van der Waals surface area contributed by atoms with Crippen molar-refractivity contribution in [2.75, 3.05) is 20.2 Å². The Balaban J connectivity index is 1.75. The number of nitrogens with zero attached hydrogens (tertiary/aromatic N) is 1. The maximum Gasteiger partial charge on any atom is 0.252 e. The lowest BCUT2D eigenvalue weighted by molar-refractivity contribution is 0.310. The van der Waals surface area contributed by atoms with Crippen LogP contribution in [0.25, 0.3) is 0 Å². The van der Waals surface area contributed by atoms with Crippen LogP contribution in [-0.2, 0) is 19.9 Å². The highest BCUT2D eigenvalue weighted by molar-refractivity contribution is 7.93. The molecule has 0 aliphatic carbocycles. The summed E-state index contributed by atoms with van der Waals surface area (Å²) in [7, 11) is -5.65. The quantitative estimate of drug-likeness (QED) is 0.783. The molecule has 0 bridgehead atoms. The van der Waals surface area contributed by atoms with Crippen LogP contribution in [0.5, 0.6) is 5.75 Å². The van der Waals surface area contributed by atoms with E-state index in [0.717, 1.165) is 4.88 Å². The van der Waals surface area contributed by atoms with Gasteiger partial charge < -0.3 is 4.74 Å². The third kappa shape index (κ3) is 2.97. The number of hydrogen-bond acceptors (Lipinski definition) is 6. The molecular formula is C15H17NO5S3. The van der Waals surface area contributed by atoms with Crippen molar-refractivity contribution < 1.29 is 21.6 Å². The second-order valence-corrected chi connectivity index (χ2v) is 11.2. The molecule has 0 amide bonds. The average Bonchev–Trinajstić information content (AvgIpc) is 2.92. The Kier molecular flexibility index (Phi) is 4.45. The van der Waals surface area contributed by atoms with Gasteiger partial charge in [-0.15, -0.1) is 11.3 Å². The molecule has 0 atom stereocenters. The van der Waals surface area contributed by atoms with Crippen molar-refractivity contribution in [2.24, 2.45) is 0 Å². The number of thiophene rings is 1. The van der Waals surface area contributed by atoms with Gasteiger partial charge in [-0.2, -0.15) is 4.31 Å². The molecule has 1 saturated heterocycles. The number of sulfone groups is 1. The molecule has 6 nitrogen and oxygen atoms in total. The van der Waals surface area contributed by atoms with Crippen molar-refractivity contribution in [3.05, 3.63) is 41.3 Å². The molecule has 0 unspecified atom stereocenters. The molecule has 0 radical (unpaired) electrons. The van der Waals surface area contributed by atoms with Gasteiger partial charge >= 0.3 is 0 Å². The van der Waals surface area contributed by atoms with Crippen molar-refractivity contribution in [3.63, 3.8) is 0 Å². The summed E-state index contributed by atoms with van der Waals surface area (Å²) in [5.74, 6) is 0.569. The molecule has 3 rings (SSSR count). The van der Waals surface area contributed by atoms with Gasteiger partial charge in [-0.25, -0.2) is 16.8 Å².